The molecule has 1 fully saturated rings. The summed E-state index contributed by atoms with van der Waals surface area (Å²) in [6.45, 7) is 1.33. The number of hydrogen-bond acceptors (Lipinski definition) is 6. The van der Waals surface area contributed by atoms with E-state index in [1.54, 1.807) is 23.7 Å². The monoisotopic (exact) mass is 390 g/mol. The standard InChI is InChI=1S/C20H18N6OS/c27-20(16-11-21-7-8-22-16)25-9-1-3-15(12-25)19-23-18-6-5-14(13-26(18)24-19)17-4-2-10-28-17/h2,4-8,10-11,13,15H,1,3,9,12H2/t15-/m1/s1. The lowest BCUT2D eigenvalue weighted by molar-refractivity contribution is 0.0698. The molecule has 0 saturated carbocycles. The molecular weight excluding hydrogens is 372 g/mol. The summed E-state index contributed by atoms with van der Waals surface area (Å²) in [4.78, 5) is 28.6. The first-order valence-electron chi connectivity index (χ1n) is 9.23. The first-order valence-corrected chi connectivity index (χ1v) is 10.1. The number of pyridine rings is 1. The van der Waals surface area contributed by atoms with E-state index in [1.165, 1.54) is 11.1 Å². The van der Waals surface area contributed by atoms with Crippen LogP contribution in [-0.4, -0.2) is 48.5 Å². The number of fused-ring (bicyclic) bond motifs is 1. The van der Waals surface area contributed by atoms with Crippen molar-refractivity contribution in [2.24, 2.45) is 0 Å². The Balaban J connectivity index is 1.39. The number of carbonyl (C=O) groups excluding carboxylic acids is 1. The van der Waals surface area contributed by atoms with Gasteiger partial charge in [0.1, 0.15) is 5.69 Å². The number of likely N-dealkylation sites (tertiary alicyclic amines) is 1. The summed E-state index contributed by atoms with van der Waals surface area (Å²) in [5, 5.41) is 6.78. The third-order valence-electron chi connectivity index (χ3n) is 5.01. The fourth-order valence-electron chi connectivity index (χ4n) is 3.61. The van der Waals surface area contributed by atoms with E-state index in [1.807, 2.05) is 27.7 Å². The lowest BCUT2D eigenvalue weighted by Gasteiger charge is -2.31. The van der Waals surface area contributed by atoms with Crippen LogP contribution in [-0.2, 0) is 0 Å². The Morgan fingerprint density at radius 2 is 2.18 bits per heavy atom. The highest BCUT2D eigenvalue weighted by molar-refractivity contribution is 7.13. The summed E-state index contributed by atoms with van der Waals surface area (Å²) in [5.41, 5.74) is 2.33. The minimum atomic E-state index is -0.0819. The summed E-state index contributed by atoms with van der Waals surface area (Å²) in [7, 11) is 0. The molecular formula is C20H18N6OS. The van der Waals surface area contributed by atoms with E-state index in [0.29, 0.717) is 12.2 Å². The molecule has 7 nitrogen and oxygen atoms in total. The minimum absolute atomic E-state index is 0.0819. The van der Waals surface area contributed by atoms with Gasteiger partial charge in [-0.3, -0.25) is 9.78 Å². The SMILES string of the molecule is O=C(c1cnccn1)N1CCC[C@@H](c2nc3ccc(-c4cccs4)cn3n2)C1. The molecule has 1 atom stereocenters. The molecule has 0 spiro atoms. The Morgan fingerprint density at radius 3 is 3.00 bits per heavy atom. The molecule has 0 aliphatic carbocycles. The number of hydrogen-bond donors (Lipinski definition) is 0. The van der Waals surface area contributed by atoms with Gasteiger partial charge in [0.05, 0.1) is 6.20 Å². The molecule has 1 aliphatic heterocycles. The molecule has 5 rings (SSSR count). The number of carbonyl (C=O) groups is 1. The fourth-order valence-corrected chi connectivity index (χ4v) is 4.32. The second-order valence-corrected chi connectivity index (χ2v) is 7.80. The van der Waals surface area contributed by atoms with Crippen molar-refractivity contribution in [3.63, 3.8) is 0 Å². The molecule has 4 aromatic rings. The van der Waals surface area contributed by atoms with E-state index in [-0.39, 0.29) is 11.8 Å². The van der Waals surface area contributed by atoms with Crippen LogP contribution >= 0.6 is 11.3 Å². The molecule has 0 bridgehead atoms. The summed E-state index contributed by atoms with van der Waals surface area (Å²) in [6, 6.07) is 8.21. The second kappa shape index (κ2) is 7.12. The minimum Gasteiger partial charge on any atom is -0.337 e. The number of amides is 1. The topological polar surface area (TPSA) is 76.3 Å². The Bertz CT molecular complexity index is 1110. The van der Waals surface area contributed by atoms with Gasteiger partial charge in [0, 0.05) is 48.0 Å². The molecule has 140 valence electrons. The molecule has 4 aromatic heterocycles. The van der Waals surface area contributed by atoms with Crippen molar-refractivity contribution < 1.29 is 4.79 Å². The van der Waals surface area contributed by atoms with Gasteiger partial charge in [-0.15, -0.1) is 11.3 Å². The average molecular weight is 390 g/mol. The van der Waals surface area contributed by atoms with Gasteiger partial charge in [0.25, 0.3) is 5.91 Å². The van der Waals surface area contributed by atoms with Crippen molar-refractivity contribution in [3.05, 3.63) is 66.0 Å². The lowest BCUT2D eigenvalue weighted by atomic mass is 9.97. The number of nitrogens with zero attached hydrogens (tertiary/aromatic N) is 6. The third kappa shape index (κ3) is 3.16. The molecule has 0 radical (unpaired) electrons. The zero-order valence-corrected chi connectivity index (χ0v) is 15.9. The van der Waals surface area contributed by atoms with Crippen molar-refractivity contribution in [2.45, 2.75) is 18.8 Å². The number of piperidine rings is 1. The van der Waals surface area contributed by atoms with Crippen molar-refractivity contribution in [2.75, 3.05) is 13.1 Å². The van der Waals surface area contributed by atoms with Crippen LogP contribution in [0.1, 0.15) is 35.1 Å². The first-order chi connectivity index (χ1) is 13.8. The first kappa shape index (κ1) is 17.0. The van der Waals surface area contributed by atoms with Gasteiger partial charge >= 0.3 is 0 Å². The van der Waals surface area contributed by atoms with E-state index < -0.39 is 0 Å². The lowest BCUT2D eigenvalue weighted by Crippen LogP contribution is -2.39. The summed E-state index contributed by atoms with van der Waals surface area (Å²) < 4.78 is 1.84. The number of rotatable bonds is 3. The van der Waals surface area contributed by atoms with Crippen molar-refractivity contribution in [3.8, 4) is 10.4 Å². The largest absolute Gasteiger partial charge is 0.337 e. The Hall–Kier alpha value is -3.13. The van der Waals surface area contributed by atoms with E-state index in [9.17, 15) is 4.79 Å². The van der Waals surface area contributed by atoms with Gasteiger partial charge in [-0.25, -0.2) is 14.5 Å². The maximum Gasteiger partial charge on any atom is 0.274 e. The molecule has 1 aliphatic rings. The maximum atomic E-state index is 12.7. The summed E-state index contributed by atoms with van der Waals surface area (Å²) >= 11 is 1.70. The van der Waals surface area contributed by atoms with E-state index >= 15 is 0 Å². The van der Waals surface area contributed by atoms with Gasteiger partial charge in [-0.1, -0.05) is 6.07 Å². The fraction of sp³-hybridized carbons (Fsp3) is 0.250. The van der Waals surface area contributed by atoms with Crippen LogP contribution in [0.4, 0.5) is 0 Å². The Kier molecular flexibility index (Phi) is 4.32. The van der Waals surface area contributed by atoms with Crippen LogP contribution in [0.2, 0.25) is 0 Å². The average Bonchev–Trinajstić information content (AvgIpc) is 3.43. The van der Waals surface area contributed by atoms with Crippen molar-refractivity contribution >= 4 is 22.9 Å². The van der Waals surface area contributed by atoms with Gasteiger partial charge in [0.2, 0.25) is 0 Å². The predicted octanol–water partition coefficient (Wildman–Crippen LogP) is 3.27. The smallest absolute Gasteiger partial charge is 0.274 e. The zero-order valence-electron chi connectivity index (χ0n) is 15.1. The van der Waals surface area contributed by atoms with Gasteiger partial charge in [-0.05, 0) is 36.4 Å². The molecule has 0 unspecified atom stereocenters. The molecule has 5 heterocycles. The summed E-state index contributed by atoms with van der Waals surface area (Å²) in [5.74, 6) is 0.834. The molecule has 1 saturated heterocycles. The normalized spacial score (nSPS) is 17.1. The second-order valence-electron chi connectivity index (χ2n) is 6.85. The van der Waals surface area contributed by atoms with Crippen LogP contribution in [0.25, 0.3) is 16.1 Å². The van der Waals surface area contributed by atoms with Crippen LogP contribution in [0.5, 0.6) is 0 Å². The van der Waals surface area contributed by atoms with Gasteiger partial charge in [-0.2, -0.15) is 5.10 Å². The quantitative estimate of drug-likeness (QED) is 0.537. The summed E-state index contributed by atoms with van der Waals surface area (Å²) in [6.07, 6.45) is 8.54. The van der Waals surface area contributed by atoms with E-state index in [2.05, 4.69) is 27.5 Å². The maximum absolute atomic E-state index is 12.7. The highest BCUT2D eigenvalue weighted by Gasteiger charge is 2.28. The molecule has 8 heteroatoms. The number of aromatic nitrogens is 5. The Morgan fingerprint density at radius 1 is 1.21 bits per heavy atom. The molecule has 1 amide bonds. The van der Waals surface area contributed by atoms with E-state index in [4.69, 9.17) is 10.1 Å². The van der Waals surface area contributed by atoms with Crippen LogP contribution < -0.4 is 0 Å². The molecule has 0 aromatic carbocycles. The molecule has 28 heavy (non-hydrogen) atoms. The third-order valence-corrected chi connectivity index (χ3v) is 5.93. The van der Waals surface area contributed by atoms with Crippen LogP contribution in [0.15, 0.2) is 54.4 Å². The highest BCUT2D eigenvalue weighted by Crippen LogP contribution is 2.28. The Labute approximate surface area is 165 Å². The van der Waals surface area contributed by atoms with E-state index in [0.717, 1.165) is 36.4 Å². The van der Waals surface area contributed by atoms with Gasteiger partial charge < -0.3 is 4.90 Å². The zero-order chi connectivity index (χ0) is 18.9. The number of thiophene rings is 1. The van der Waals surface area contributed by atoms with Crippen molar-refractivity contribution in [1.29, 1.82) is 0 Å². The predicted molar refractivity (Wildman–Crippen MR) is 106 cm³/mol. The van der Waals surface area contributed by atoms with Crippen LogP contribution in [0.3, 0.4) is 0 Å². The van der Waals surface area contributed by atoms with Gasteiger partial charge in [0.15, 0.2) is 11.5 Å². The highest BCUT2D eigenvalue weighted by atomic mass is 32.1. The molecule has 0 N–H and O–H groups in total. The van der Waals surface area contributed by atoms with Crippen LogP contribution in [0, 0.1) is 0 Å². The van der Waals surface area contributed by atoms with Crippen molar-refractivity contribution in [1.82, 2.24) is 29.5 Å².